The number of rotatable bonds is 6. The largest absolute Gasteiger partial charge is 0.495 e. The van der Waals surface area contributed by atoms with E-state index < -0.39 is 0 Å². The number of benzene rings is 2. The van der Waals surface area contributed by atoms with E-state index in [2.05, 4.69) is 15.6 Å². The first-order chi connectivity index (χ1) is 14.2. The summed E-state index contributed by atoms with van der Waals surface area (Å²) in [6.07, 6.45) is 5.58. The predicted octanol–water partition coefficient (Wildman–Crippen LogP) is 6.08. The summed E-state index contributed by atoms with van der Waals surface area (Å²) in [7, 11) is 1.66. The zero-order valence-electron chi connectivity index (χ0n) is 16.5. The molecule has 4 rings (SSSR count). The molecule has 0 unspecified atom stereocenters. The molecule has 0 radical (unpaired) electrons. The summed E-state index contributed by atoms with van der Waals surface area (Å²) >= 11 is 1.54. The van der Waals surface area contributed by atoms with Crippen LogP contribution in [0.3, 0.4) is 0 Å². The second kappa shape index (κ2) is 9.09. The molecule has 1 aliphatic carbocycles. The van der Waals surface area contributed by atoms with Gasteiger partial charge in [-0.25, -0.2) is 4.98 Å². The monoisotopic (exact) mass is 407 g/mol. The first-order valence-electron chi connectivity index (χ1n) is 10.00. The smallest absolute Gasteiger partial charge is 0.227 e. The van der Waals surface area contributed by atoms with Gasteiger partial charge in [-0.05, 0) is 37.1 Å². The van der Waals surface area contributed by atoms with E-state index in [9.17, 15) is 4.79 Å². The second-order valence-corrected chi connectivity index (χ2v) is 8.12. The van der Waals surface area contributed by atoms with E-state index in [1.807, 2.05) is 53.9 Å². The molecule has 6 heteroatoms. The number of anilines is 3. The number of ether oxygens (including phenoxy) is 1. The summed E-state index contributed by atoms with van der Waals surface area (Å²) in [5.41, 5.74) is 3.64. The van der Waals surface area contributed by atoms with Crippen LogP contribution in [-0.2, 0) is 4.79 Å². The van der Waals surface area contributed by atoms with Crippen molar-refractivity contribution < 1.29 is 9.53 Å². The molecular formula is C23H25N3O2S. The Kier molecular flexibility index (Phi) is 6.10. The van der Waals surface area contributed by atoms with Crippen LogP contribution in [0.25, 0.3) is 11.3 Å². The number of methoxy groups -OCH3 is 1. The maximum atomic E-state index is 12.4. The molecule has 1 saturated carbocycles. The molecule has 0 bridgehead atoms. The summed E-state index contributed by atoms with van der Waals surface area (Å²) in [6.45, 7) is 0. The second-order valence-electron chi connectivity index (χ2n) is 7.26. The standard InChI is InChI=1S/C23H25N3O2S/c1-28-21-10-6-5-9-19(21)25-23-26-20(15-29-23)16-11-13-18(14-12-16)24-22(27)17-7-3-2-4-8-17/h5-6,9-15,17H,2-4,7-8H2,1H3,(H,24,27)(H,25,26). The topological polar surface area (TPSA) is 63.2 Å². The first kappa shape index (κ1) is 19.5. The molecule has 0 aliphatic heterocycles. The fourth-order valence-electron chi connectivity index (χ4n) is 3.66. The van der Waals surface area contributed by atoms with Crippen molar-refractivity contribution in [2.75, 3.05) is 17.7 Å². The number of hydrogen-bond donors (Lipinski definition) is 2. The average molecular weight is 408 g/mol. The summed E-state index contributed by atoms with van der Waals surface area (Å²) in [6, 6.07) is 15.7. The van der Waals surface area contributed by atoms with Crippen molar-refractivity contribution in [3.8, 4) is 17.0 Å². The molecular weight excluding hydrogens is 382 g/mol. The Bertz CT molecular complexity index is 962. The number of nitrogens with zero attached hydrogens (tertiary/aromatic N) is 1. The lowest BCUT2D eigenvalue weighted by Gasteiger charge is -2.20. The molecule has 1 amide bonds. The Hall–Kier alpha value is -2.86. The Morgan fingerprint density at radius 2 is 1.83 bits per heavy atom. The quantitative estimate of drug-likeness (QED) is 0.520. The summed E-state index contributed by atoms with van der Waals surface area (Å²) < 4.78 is 5.38. The highest BCUT2D eigenvalue weighted by Gasteiger charge is 2.21. The van der Waals surface area contributed by atoms with Gasteiger partial charge in [0.05, 0.1) is 18.5 Å². The van der Waals surface area contributed by atoms with Crippen LogP contribution in [-0.4, -0.2) is 18.0 Å². The van der Waals surface area contributed by atoms with Crippen molar-refractivity contribution in [2.24, 2.45) is 5.92 Å². The minimum atomic E-state index is 0.148. The fourth-order valence-corrected chi connectivity index (χ4v) is 4.39. The normalized spacial score (nSPS) is 14.4. The van der Waals surface area contributed by atoms with Crippen LogP contribution in [0.15, 0.2) is 53.9 Å². The molecule has 0 saturated heterocycles. The minimum Gasteiger partial charge on any atom is -0.495 e. The van der Waals surface area contributed by atoms with Crippen LogP contribution in [0.2, 0.25) is 0 Å². The van der Waals surface area contributed by atoms with E-state index in [0.717, 1.165) is 59.2 Å². The summed E-state index contributed by atoms with van der Waals surface area (Å²) in [5, 5.41) is 9.20. The third kappa shape index (κ3) is 4.77. The van der Waals surface area contributed by atoms with Crippen LogP contribution in [0.1, 0.15) is 32.1 Å². The highest BCUT2D eigenvalue weighted by Crippen LogP contribution is 2.31. The van der Waals surface area contributed by atoms with Gasteiger partial charge in [-0.1, -0.05) is 43.5 Å². The average Bonchev–Trinajstić information content (AvgIpc) is 3.24. The minimum absolute atomic E-state index is 0.148. The lowest BCUT2D eigenvalue weighted by molar-refractivity contribution is -0.120. The van der Waals surface area contributed by atoms with Crippen molar-refractivity contribution in [1.29, 1.82) is 0 Å². The van der Waals surface area contributed by atoms with E-state index in [4.69, 9.17) is 4.74 Å². The van der Waals surface area contributed by atoms with Gasteiger partial charge in [0.15, 0.2) is 5.13 Å². The SMILES string of the molecule is COc1ccccc1Nc1nc(-c2ccc(NC(=O)C3CCCCC3)cc2)cs1. The molecule has 150 valence electrons. The molecule has 1 aliphatic rings. The maximum Gasteiger partial charge on any atom is 0.227 e. The van der Waals surface area contributed by atoms with E-state index in [0.29, 0.717) is 0 Å². The lowest BCUT2D eigenvalue weighted by Crippen LogP contribution is -2.24. The lowest BCUT2D eigenvalue weighted by atomic mass is 9.88. The Morgan fingerprint density at radius 3 is 2.59 bits per heavy atom. The van der Waals surface area contributed by atoms with E-state index in [1.54, 1.807) is 18.4 Å². The third-order valence-electron chi connectivity index (χ3n) is 5.28. The van der Waals surface area contributed by atoms with E-state index in [-0.39, 0.29) is 11.8 Å². The molecule has 2 N–H and O–H groups in total. The van der Waals surface area contributed by atoms with Gasteiger partial charge in [-0.2, -0.15) is 0 Å². The van der Waals surface area contributed by atoms with Gasteiger partial charge in [0, 0.05) is 22.5 Å². The van der Waals surface area contributed by atoms with Crippen LogP contribution in [0.5, 0.6) is 5.75 Å². The number of carbonyl (C=O) groups is 1. The fraction of sp³-hybridized carbons (Fsp3) is 0.304. The number of nitrogens with one attached hydrogen (secondary N) is 2. The van der Waals surface area contributed by atoms with Crippen LogP contribution in [0, 0.1) is 5.92 Å². The first-order valence-corrected chi connectivity index (χ1v) is 10.9. The van der Waals surface area contributed by atoms with Gasteiger partial charge in [-0.3, -0.25) is 4.79 Å². The number of para-hydroxylation sites is 2. The van der Waals surface area contributed by atoms with E-state index in [1.165, 1.54) is 6.42 Å². The van der Waals surface area contributed by atoms with Crippen molar-refractivity contribution in [3.63, 3.8) is 0 Å². The van der Waals surface area contributed by atoms with Crippen molar-refractivity contribution in [3.05, 3.63) is 53.9 Å². The number of hydrogen-bond acceptors (Lipinski definition) is 5. The van der Waals surface area contributed by atoms with Crippen LogP contribution < -0.4 is 15.4 Å². The van der Waals surface area contributed by atoms with Crippen LogP contribution >= 0.6 is 11.3 Å². The van der Waals surface area contributed by atoms with Crippen molar-refractivity contribution in [2.45, 2.75) is 32.1 Å². The van der Waals surface area contributed by atoms with Gasteiger partial charge in [0.25, 0.3) is 0 Å². The number of aromatic nitrogens is 1. The molecule has 1 aromatic heterocycles. The van der Waals surface area contributed by atoms with Crippen molar-refractivity contribution in [1.82, 2.24) is 4.98 Å². The molecule has 0 spiro atoms. The van der Waals surface area contributed by atoms with Gasteiger partial charge in [-0.15, -0.1) is 11.3 Å². The van der Waals surface area contributed by atoms with Crippen LogP contribution in [0.4, 0.5) is 16.5 Å². The van der Waals surface area contributed by atoms with Gasteiger partial charge >= 0.3 is 0 Å². The number of carbonyl (C=O) groups excluding carboxylic acids is 1. The number of thiazole rings is 1. The van der Waals surface area contributed by atoms with Gasteiger partial charge in [0.2, 0.25) is 5.91 Å². The molecule has 0 atom stereocenters. The highest BCUT2D eigenvalue weighted by molar-refractivity contribution is 7.14. The molecule has 1 heterocycles. The summed E-state index contributed by atoms with van der Waals surface area (Å²) in [4.78, 5) is 17.1. The van der Waals surface area contributed by atoms with E-state index >= 15 is 0 Å². The third-order valence-corrected chi connectivity index (χ3v) is 6.03. The molecule has 29 heavy (non-hydrogen) atoms. The van der Waals surface area contributed by atoms with Gasteiger partial charge in [0.1, 0.15) is 5.75 Å². The number of amides is 1. The summed E-state index contributed by atoms with van der Waals surface area (Å²) in [5.74, 6) is 1.09. The zero-order valence-corrected chi connectivity index (χ0v) is 17.3. The Balaban J connectivity index is 1.41. The molecule has 1 fully saturated rings. The Morgan fingerprint density at radius 1 is 1.07 bits per heavy atom. The molecule has 2 aromatic carbocycles. The van der Waals surface area contributed by atoms with Crippen molar-refractivity contribution >= 4 is 33.8 Å². The van der Waals surface area contributed by atoms with Gasteiger partial charge < -0.3 is 15.4 Å². The zero-order chi connectivity index (χ0) is 20.1. The molecule has 3 aromatic rings. The maximum absolute atomic E-state index is 12.4. The molecule has 5 nitrogen and oxygen atoms in total. The highest BCUT2D eigenvalue weighted by atomic mass is 32.1. The Labute approximate surface area is 175 Å². The predicted molar refractivity (Wildman–Crippen MR) is 119 cm³/mol.